The number of hydrogen-bond donors (Lipinski definition) is 2. The monoisotopic (exact) mass is 263 g/mol. The molecule has 1 fully saturated rings. The summed E-state index contributed by atoms with van der Waals surface area (Å²) >= 11 is 0. The van der Waals surface area contributed by atoms with Crippen LogP contribution in [0.25, 0.3) is 0 Å². The molecule has 0 radical (unpaired) electrons. The fourth-order valence-electron chi connectivity index (χ4n) is 2.22. The summed E-state index contributed by atoms with van der Waals surface area (Å²) in [6, 6.07) is -0.137. The minimum atomic E-state index is -3.35. The van der Waals surface area contributed by atoms with Gasteiger partial charge in [0.2, 0.25) is 0 Å². The van der Waals surface area contributed by atoms with Gasteiger partial charge in [0.1, 0.15) is 0 Å². The molecule has 0 aromatic heterocycles. The van der Waals surface area contributed by atoms with Crippen LogP contribution < -0.4 is 10.5 Å². The fourth-order valence-corrected chi connectivity index (χ4v) is 3.83. The van der Waals surface area contributed by atoms with E-state index in [1.54, 1.807) is 4.31 Å². The van der Waals surface area contributed by atoms with Crippen molar-refractivity contribution in [2.24, 2.45) is 11.7 Å². The quantitative estimate of drug-likeness (QED) is 0.740. The van der Waals surface area contributed by atoms with E-state index in [9.17, 15) is 8.42 Å². The summed E-state index contributed by atoms with van der Waals surface area (Å²) in [5, 5.41) is 0. The van der Waals surface area contributed by atoms with Gasteiger partial charge in [-0.15, -0.1) is 0 Å². The lowest BCUT2D eigenvalue weighted by Gasteiger charge is -2.31. The Morgan fingerprint density at radius 2 is 2.24 bits per heavy atom. The molecule has 17 heavy (non-hydrogen) atoms. The largest absolute Gasteiger partial charge is 0.329 e. The first-order valence-electron chi connectivity index (χ1n) is 6.47. The van der Waals surface area contributed by atoms with Gasteiger partial charge < -0.3 is 5.73 Å². The molecule has 0 aliphatic carbocycles. The molecule has 0 spiro atoms. The summed E-state index contributed by atoms with van der Waals surface area (Å²) in [5.41, 5.74) is 5.58. The molecule has 102 valence electrons. The lowest BCUT2D eigenvalue weighted by atomic mass is 10.0. The number of nitrogens with zero attached hydrogens (tertiary/aromatic N) is 1. The smallest absolute Gasteiger partial charge is 0.279 e. The Morgan fingerprint density at radius 3 is 2.76 bits per heavy atom. The van der Waals surface area contributed by atoms with Crippen LogP contribution in [-0.2, 0) is 10.2 Å². The third-order valence-electron chi connectivity index (χ3n) is 3.20. The highest BCUT2D eigenvalue weighted by Crippen LogP contribution is 2.18. The van der Waals surface area contributed by atoms with Crippen molar-refractivity contribution in [2.45, 2.75) is 45.6 Å². The fraction of sp³-hybridized carbons (Fsp3) is 1.00. The van der Waals surface area contributed by atoms with E-state index in [4.69, 9.17) is 5.73 Å². The SMILES string of the molecule is CCCC(CN)NS(=O)(=O)N1CCCC(C)C1. The van der Waals surface area contributed by atoms with Crippen LogP contribution in [-0.4, -0.2) is 38.4 Å². The molecule has 1 aliphatic rings. The van der Waals surface area contributed by atoms with Crippen molar-refractivity contribution >= 4 is 10.2 Å². The van der Waals surface area contributed by atoms with Crippen LogP contribution in [0.15, 0.2) is 0 Å². The predicted molar refractivity (Wildman–Crippen MR) is 69.8 cm³/mol. The van der Waals surface area contributed by atoms with E-state index in [2.05, 4.69) is 11.6 Å². The molecule has 0 saturated carbocycles. The van der Waals surface area contributed by atoms with Crippen molar-refractivity contribution in [1.29, 1.82) is 0 Å². The van der Waals surface area contributed by atoms with Crippen LogP contribution in [0.2, 0.25) is 0 Å². The lowest BCUT2D eigenvalue weighted by Crippen LogP contribution is -2.50. The first kappa shape index (κ1) is 14.9. The Morgan fingerprint density at radius 1 is 1.53 bits per heavy atom. The topological polar surface area (TPSA) is 75.4 Å². The van der Waals surface area contributed by atoms with Crippen LogP contribution in [0.1, 0.15) is 39.5 Å². The highest BCUT2D eigenvalue weighted by molar-refractivity contribution is 7.87. The van der Waals surface area contributed by atoms with Crippen LogP contribution in [0.3, 0.4) is 0 Å². The van der Waals surface area contributed by atoms with Crippen LogP contribution in [0, 0.1) is 5.92 Å². The minimum absolute atomic E-state index is 0.137. The molecule has 1 rings (SSSR count). The molecule has 0 aromatic carbocycles. The van der Waals surface area contributed by atoms with Gasteiger partial charge in [-0.25, -0.2) is 0 Å². The summed E-state index contributed by atoms with van der Waals surface area (Å²) in [6.07, 6.45) is 3.78. The molecule has 2 atom stereocenters. The summed E-state index contributed by atoms with van der Waals surface area (Å²) in [4.78, 5) is 0. The Kier molecular flexibility index (Phi) is 5.85. The molecule has 1 saturated heterocycles. The maximum Gasteiger partial charge on any atom is 0.279 e. The highest BCUT2D eigenvalue weighted by Gasteiger charge is 2.28. The van der Waals surface area contributed by atoms with Gasteiger partial charge in [-0.05, 0) is 25.2 Å². The zero-order valence-electron chi connectivity index (χ0n) is 10.9. The molecular formula is C11H25N3O2S. The number of hydrogen-bond acceptors (Lipinski definition) is 3. The average Bonchev–Trinajstić information content (AvgIpc) is 2.28. The zero-order chi connectivity index (χ0) is 12.9. The number of piperidine rings is 1. The van der Waals surface area contributed by atoms with Gasteiger partial charge in [-0.2, -0.15) is 17.4 Å². The third-order valence-corrected chi connectivity index (χ3v) is 4.84. The van der Waals surface area contributed by atoms with Gasteiger partial charge in [-0.1, -0.05) is 20.3 Å². The summed E-state index contributed by atoms with van der Waals surface area (Å²) in [5.74, 6) is 0.447. The van der Waals surface area contributed by atoms with Crippen molar-refractivity contribution in [3.8, 4) is 0 Å². The molecule has 6 heteroatoms. The Balaban J connectivity index is 2.60. The first-order chi connectivity index (χ1) is 7.99. The van der Waals surface area contributed by atoms with E-state index in [0.29, 0.717) is 25.6 Å². The summed E-state index contributed by atoms with van der Waals surface area (Å²) < 4.78 is 28.5. The van der Waals surface area contributed by atoms with E-state index in [0.717, 1.165) is 25.7 Å². The Labute approximate surface area is 105 Å². The second kappa shape index (κ2) is 6.68. The highest BCUT2D eigenvalue weighted by atomic mass is 32.2. The van der Waals surface area contributed by atoms with Gasteiger partial charge in [0.15, 0.2) is 0 Å². The van der Waals surface area contributed by atoms with E-state index < -0.39 is 10.2 Å². The van der Waals surface area contributed by atoms with Gasteiger partial charge in [0, 0.05) is 25.7 Å². The maximum atomic E-state index is 12.1. The van der Waals surface area contributed by atoms with Crippen molar-refractivity contribution < 1.29 is 8.42 Å². The van der Waals surface area contributed by atoms with Crippen LogP contribution in [0.4, 0.5) is 0 Å². The molecule has 5 nitrogen and oxygen atoms in total. The first-order valence-corrected chi connectivity index (χ1v) is 7.91. The summed E-state index contributed by atoms with van der Waals surface area (Å²) in [6.45, 7) is 5.73. The van der Waals surface area contributed by atoms with Crippen molar-refractivity contribution in [2.75, 3.05) is 19.6 Å². The van der Waals surface area contributed by atoms with E-state index in [-0.39, 0.29) is 6.04 Å². The van der Waals surface area contributed by atoms with Crippen LogP contribution in [0.5, 0.6) is 0 Å². The predicted octanol–water partition coefficient (Wildman–Crippen LogP) is 0.680. The van der Waals surface area contributed by atoms with Gasteiger partial charge in [0.25, 0.3) is 10.2 Å². The molecule has 2 unspecified atom stereocenters. The van der Waals surface area contributed by atoms with Gasteiger partial charge >= 0.3 is 0 Å². The second-order valence-electron chi connectivity index (χ2n) is 4.95. The normalized spacial score (nSPS) is 24.8. The maximum absolute atomic E-state index is 12.1. The van der Waals surface area contributed by atoms with Crippen molar-refractivity contribution in [3.63, 3.8) is 0 Å². The van der Waals surface area contributed by atoms with Crippen molar-refractivity contribution in [1.82, 2.24) is 9.03 Å². The molecule has 0 bridgehead atoms. The lowest BCUT2D eigenvalue weighted by molar-refractivity contribution is 0.276. The molecule has 1 heterocycles. The second-order valence-corrected chi connectivity index (χ2v) is 6.65. The molecule has 0 aromatic rings. The van der Waals surface area contributed by atoms with E-state index >= 15 is 0 Å². The van der Waals surface area contributed by atoms with E-state index in [1.165, 1.54) is 0 Å². The number of nitrogens with two attached hydrogens (primary N) is 1. The summed E-state index contributed by atoms with van der Waals surface area (Å²) in [7, 11) is -3.35. The molecule has 3 N–H and O–H groups in total. The van der Waals surface area contributed by atoms with Crippen LogP contribution >= 0.6 is 0 Å². The molecule has 1 aliphatic heterocycles. The van der Waals surface area contributed by atoms with Crippen molar-refractivity contribution in [3.05, 3.63) is 0 Å². The number of rotatable bonds is 6. The molecule has 0 amide bonds. The average molecular weight is 263 g/mol. The number of nitrogens with one attached hydrogen (secondary N) is 1. The Hall–Kier alpha value is -0.170. The minimum Gasteiger partial charge on any atom is -0.329 e. The molecular weight excluding hydrogens is 238 g/mol. The standard InChI is InChI=1S/C11H25N3O2S/c1-3-5-11(8-12)13-17(15,16)14-7-4-6-10(2)9-14/h10-11,13H,3-9,12H2,1-2H3. The Bertz CT molecular complexity index is 319. The van der Waals surface area contributed by atoms with Gasteiger partial charge in [-0.3, -0.25) is 0 Å². The zero-order valence-corrected chi connectivity index (χ0v) is 11.7. The van der Waals surface area contributed by atoms with E-state index in [1.807, 2.05) is 6.92 Å². The van der Waals surface area contributed by atoms with Gasteiger partial charge in [0.05, 0.1) is 0 Å². The third kappa shape index (κ3) is 4.54.